The summed E-state index contributed by atoms with van der Waals surface area (Å²) >= 11 is 0. The first-order chi connectivity index (χ1) is 21.7. The quantitative estimate of drug-likeness (QED) is 0.0513. The van der Waals surface area contributed by atoms with Gasteiger partial charge in [0.2, 0.25) is 5.91 Å². The molecule has 0 fully saturated rings. The SMILES string of the molecule is CCCCCCCCCCCCCCCCCCNC(=O)[C@@H](N)CSSCCCCCCCCCCCCCCCCCC. The molecule has 0 aliphatic rings. The Morgan fingerprint density at radius 2 is 0.750 bits per heavy atom. The topological polar surface area (TPSA) is 55.1 Å². The molecule has 0 aromatic carbocycles. The van der Waals surface area contributed by atoms with Crippen LogP contribution in [0.15, 0.2) is 0 Å². The fourth-order valence-corrected chi connectivity index (χ4v) is 8.25. The van der Waals surface area contributed by atoms with Crippen molar-refractivity contribution in [2.75, 3.05) is 18.1 Å². The van der Waals surface area contributed by atoms with Gasteiger partial charge in [-0.3, -0.25) is 4.79 Å². The molecule has 0 aliphatic carbocycles. The highest BCUT2D eigenvalue weighted by Crippen LogP contribution is 2.24. The van der Waals surface area contributed by atoms with Crippen LogP contribution in [0.1, 0.15) is 219 Å². The molecule has 0 rings (SSSR count). The van der Waals surface area contributed by atoms with Crippen molar-refractivity contribution in [3.63, 3.8) is 0 Å². The minimum absolute atomic E-state index is 0.0291. The number of unbranched alkanes of at least 4 members (excludes halogenated alkanes) is 30. The van der Waals surface area contributed by atoms with Crippen molar-refractivity contribution < 1.29 is 4.79 Å². The second-order valence-corrected chi connectivity index (χ2v) is 16.2. The lowest BCUT2D eigenvalue weighted by Crippen LogP contribution is -2.42. The van der Waals surface area contributed by atoms with Gasteiger partial charge in [-0.05, 0) is 12.8 Å². The second-order valence-electron chi connectivity index (χ2n) is 13.6. The van der Waals surface area contributed by atoms with Gasteiger partial charge in [0.15, 0.2) is 0 Å². The summed E-state index contributed by atoms with van der Waals surface area (Å²) in [6, 6.07) is -0.376. The number of carbonyl (C=O) groups is 1. The lowest BCUT2D eigenvalue weighted by atomic mass is 10.0. The Bertz CT molecular complexity index is 548. The highest BCUT2D eigenvalue weighted by molar-refractivity contribution is 8.76. The van der Waals surface area contributed by atoms with Gasteiger partial charge in [0.1, 0.15) is 0 Å². The normalized spacial score (nSPS) is 12.2. The maximum absolute atomic E-state index is 12.3. The van der Waals surface area contributed by atoms with Gasteiger partial charge < -0.3 is 11.1 Å². The predicted octanol–water partition coefficient (Wildman–Crippen LogP) is 13.3. The van der Waals surface area contributed by atoms with Crippen molar-refractivity contribution in [3.8, 4) is 0 Å². The van der Waals surface area contributed by atoms with E-state index in [4.69, 9.17) is 5.73 Å². The summed E-state index contributed by atoms with van der Waals surface area (Å²) in [4.78, 5) is 12.3. The summed E-state index contributed by atoms with van der Waals surface area (Å²) in [6.07, 6.45) is 44.6. The van der Waals surface area contributed by atoms with Crippen LogP contribution in [0, 0.1) is 0 Å². The second kappa shape index (κ2) is 39.3. The molecular formula is C39H80N2OS2. The lowest BCUT2D eigenvalue weighted by Gasteiger charge is -2.11. The van der Waals surface area contributed by atoms with Crippen LogP contribution in [0.2, 0.25) is 0 Å². The van der Waals surface area contributed by atoms with Crippen molar-refractivity contribution in [2.45, 2.75) is 225 Å². The zero-order valence-corrected chi connectivity index (χ0v) is 31.8. The van der Waals surface area contributed by atoms with Gasteiger partial charge in [0.25, 0.3) is 0 Å². The van der Waals surface area contributed by atoms with Gasteiger partial charge >= 0.3 is 0 Å². The summed E-state index contributed by atoms with van der Waals surface area (Å²) in [5, 5.41) is 3.06. The largest absolute Gasteiger partial charge is 0.355 e. The van der Waals surface area contributed by atoms with Crippen molar-refractivity contribution >= 4 is 27.5 Å². The number of nitrogens with two attached hydrogens (primary N) is 1. The van der Waals surface area contributed by atoms with Crippen LogP contribution in [-0.4, -0.2) is 30.0 Å². The molecule has 3 nitrogen and oxygen atoms in total. The van der Waals surface area contributed by atoms with E-state index in [1.165, 1.54) is 205 Å². The first-order valence-corrected chi connectivity index (χ1v) is 22.5. The minimum atomic E-state index is -0.376. The van der Waals surface area contributed by atoms with E-state index < -0.39 is 0 Å². The van der Waals surface area contributed by atoms with Crippen LogP contribution >= 0.6 is 21.6 Å². The molecule has 3 N–H and O–H groups in total. The average Bonchev–Trinajstić information content (AvgIpc) is 3.03. The summed E-state index contributed by atoms with van der Waals surface area (Å²) in [5.74, 6) is 1.92. The molecule has 44 heavy (non-hydrogen) atoms. The summed E-state index contributed by atoms with van der Waals surface area (Å²) in [6.45, 7) is 5.37. The van der Waals surface area contributed by atoms with Gasteiger partial charge in [0.05, 0.1) is 6.04 Å². The van der Waals surface area contributed by atoms with Gasteiger partial charge in [0, 0.05) is 18.1 Å². The maximum Gasteiger partial charge on any atom is 0.237 e. The molecule has 0 spiro atoms. The molecular weight excluding hydrogens is 577 g/mol. The number of hydrogen-bond acceptors (Lipinski definition) is 4. The predicted molar refractivity (Wildman–Crippen MR) is 205 cm³/mol. The molecule has 0 saturated carbocycles. The Labute approximate surface area is 285 Å². The molecule has 1 amide bonds. The monoisotopic (exact) mass is 657 g/mol. The number of nitrogens with one attached hydrogen (secondary N) is 1. The van der Waals surface area contributed by atoms with Crippen molar-refractivity contribution in [2.24, 2.45) is 5.73 Å². The molecule has 0 bridgehead atoms. The van der Waals surface area contributed by atoms with Crippen LogP contribution in [-0.2, 0) is 4.79 Å². The van der Waals surface area contributed by atoms with Gasteiger partial charge in [-0.2, -0.15) is 0 Å². The fraction of sp³-hybridized carbons (Fsp3) is 0.974. The number of carbonyl (C=O) groups excluding carboxylic acids is 1. The molecule has 0 aromatic heterocycles. The van der Waals surface area contributed by atoms with Crippen LogP contribution in [0.5, 0.6) is 0 Å². The van der Waals surface area contributed by atoms with Crippen molar-refractivity contribution in [3.05, 3.63) is 0 Å². The first kappa shape index (κ1) is 44.1. The average molecular weight is 657 g/mol. The van der Waals surface area contributed by atoms with E-state index in [1.54, 1.807) is 10.8 Å². The summed E-state index contributed by atoms with van der Waals surface area (Å²) in [7, 11) is 3.67. The number of hydrogen-bond donors (Lipinski definition) is 2. The third kappa shape index (κ3) is 36.6. The molecule has 264 valence electrons. The molecule has 0 saturated heterocycles. The molecule has 0 aliphatic heterocycles. The Hall–Kier alpha value is 0.130. The molecule has 0 aromatic rings. The van der Waals surface area contributed by atoms with E-state index in [0.717, 1.165) is 13.0 Å². The Balaban J connectivity index is 3.25. The van der Waals surface area contributed by atoms with E-state index in [0.29, 0.717) is 5.75 Å². The maximum atomic E-state index is 12.3. The van der Waals surface area contributed by atoms with E-state index in [-0.39, 0.29) is 11.9 Å². The van der Waals surface area contributed by atoms with Crippen LogP contribution in [0.25, 0.3) is 0 Å². The molecule has 0 radical (unpaired) electrons. The zero-order valence-electron chi connectivity index (χ0n) is 30.1. The van der Waals surface area contributed by atoms with Gasteiger partial charge in [-0.15, -0.1) is 0 Å². The Morgan fingerprint density at radius 3 is 1.09 bits per heavy atom. The standard InChI is InChI=1S/C39H80N2OS2/c1-3-5-7-9-11-13-15-17-19-21-23-25-27-29-31-33-35-41-39(42)38(40)37-44-43-36-34-32-30-28-26-24-22-20-18-16-14-12-10-8-6-4-2/h38H,3-37,40H2,1-2H3,(H,41,42)/t38-/m0/s1. The highest BCUT2D eigenvalue weighted by Gasteiger charge is 2.12. The van der Waals surface area contributed by atoms with Crippen LogP contribution in [0.4, 0.5) is 0 Å². The van der Waals surface area contributed by atoms with E-state index in [2.05, 4.69) is 19.2 Å². The van der Waals surface area contributed by atoms with E-state index in [9.17, 15) is 4.79 Å². The van der Waals surface area contributed by atoms with Crippen LogP contribution < -0.4 is 11.1 Å². The summed E-state index contributed by atoms with van der Waals surface area (Å²) in [5.41, 5.74) is 6.12. The van der Waals surface area contributed by atoms with Gasteiger partial charge in [-0.1, -0.05) is 228 Å². The van der Waals surface area contributed by atoms with Crippen molar-refractivity contribution in [1.82, 2.24) is 5.32 Å². The molecule has 0 unspecified atom stereocenters. The van der Waals surface area contributed by atoms with Crippen LogP contribution in [0.3, 0.4) is 0 Å². The number of rotatable bonds is 38. The first-order valence-electron chi connectivity index (χ1n) is 20.0. The van der Waals surface area contributed by atoms with Crippen molar-refractivity contribution in [1.29, 1.82) is 0 Å². The summed E-state index contributed by atoms with van der Waals surface area (Å²) < 4.78 is 0. The molecule has 1 atom stereocenters. The van der Waals surface area contributed by atoms with E-state index >= 15 is 0 Å². The Morgan fingerprint density at radius 1 is 0.455 bits per heavy atom. The fourth-order valence-electron chi connectivity index (χ4n) is 5.98. The third-order valence-electron chi connectivity index (χ3n) is 9.08. The molecule has 5 heteroatoms. The highest BCUT2D eigenvalue weighted by atomic mass is 33.1. The lowest BCUT2D eigenvalue weighted by molar-refractivity contribution is -0.121. The molecule has 0 heterocycles. The zero-order chi connectivity index (χ0) is 32.0. The Kier molecular flexibility index (Phi) is 39.4. The smallest absolute Gasteiger partial charge is 0.237 e. The van der Waals surface area contributed by atoms with E-state index in [1.807, 2.05) is 10.8 Å². The van der Waals surface area contributed by atoms with Gasteiger partial charge in [-0.25, -0.2) is 0 Å². The minimum Gasteiger partial charge on any atom is -0.355 e. The number of amides is 1. The third-order valence-corrected chi connectivity index (χ3v) is 11.6.